The number of benzene rings is 1. The quantitative estimate of drug-likeness (QED) is 0.864. The summed E-state index contributed by atoms with van der Waals surface area (Å²) in [5.74, 6) is 0.196. The number of hydrogen-bond acceptors (Lipinski definition) is 2. The van der Waals surface area contributed by atoms with Crippen molar-refractivity contribution in [1.82, 2.24) is 4.90 Å². The Bertz CT molecular complexity index is 464. The van der Waals surface area contributed by atoms with E-state index in [9.17, 15) is 4.79 Å². The molecule has 0 saturated heterocycles. The Balaban J connectivity index is 2.07. The van der Waals surface area contributed by atoms with E-state index in [0.717, 1.165) is 36.3 Å². The normalized spacial score (nSPS) is 18.0. The minimum Gasteiger partial charge on any atom is -0.341 e. The van der Waals surface area contributed by atoms with Crippen LogP contribution in [-0.4, -0.2) is 24.4 Å². The molecule has 1 aliphatic rings. The monoisotopic (exact) mass is 308 g/mol. The SMILES string of the molecule is CN(Cc1ccc(Cl)cc1)C(=O)C1(CN)CCCCCC1. The summed E-state index contributed by atoms with van der Waals surface area (Å²) in [6.07, 6.45) is 6.50. The van der Waals surface area contributed by atoms with Crippen LogP contribution >= 0.6 is 11.6 Å². The third-order valence-electron chi connectivity index (χ3n) is 4.58. The van der Waals surface area contributed by atoms with E-state index in [1.54, 1.807) is 0 Å². The largest absolute Gasteiger partial charge is 0.341 e. The van der Waals surface area contributed by atoms with Gasteiger partial charge in [0.25, 0.3) is 0 Å². The van der Waals surface area contributed by atoms with Crippen LogP contribution in [-0.2, 0) is 11.3 Å². The minimum atomic E-state index is -0.350. The van der Waals surface area contributed by atoms with Crippen molar-refractivity contribution in [3.05, 3.63) is 34.9 Å². The zero-order valence-corrected chi connectivity index (χ0v) is 13.5. The summed E-state index contributed by atoms with van der Waals surface area (Å²) in [5.41, 5.74) is 6.74. The maximum absolute atomic E-state index is 12.9. The van der Waals surface area contributed by atoms with Gasteiger partial charge in [-0.1, -0.05) is 49.4 Å². The highest BCUT2D eigenvalue weighted by atomic mass is 35.5. The molecule has 0 unspecified atom stereocenters. The van der Waals surface area contributed by atoms with Crippen LogP contribution in [0.15, 0.2) is 24.3 Å². The molecule has 1 amide bonds. The zero-order chi connectivity index (χ0) is 15.3. The lowest BCUT2D eigenvalue weighted by molar-refractivity contribution is -0.141. The van der Waals surface area contributed by atoms with Crippen LogP contribution in [0.3, 0.4) is 0 Å². The van der Waals surface area contributed by atoms with Gasteiger partial charge in [0.1, 0.15) is 0 Å². The van der Waals surface area contributed by atoms with Crippen molar-refractivity contribution in [3.63, 3.8) is 0 Å². The molecule has 3 nitrogen and oxygen atoms in total. The molecule has 1 fully saturated rings. The number of nitrogens with two attached hydrogens (primary N) is 1. The van der Waals surface area contributed by atoms with E-state index in [1.165, 1.54) is 12.8 Å². The van der Waals surface area contributed by atoms with Crippen LogP contribution in [0.1, 0.15) is 44.1 Å². The Hall–Kier alpha value is -1.06. The minimum absolute atomic E-state index is 0.196. The van der Waals surface area contributed by atoms with E-state index in [1.807, 2.05) is 36.2 Å². The van der Waals surface area contributed by atoms with E-state index in [0.29, 0.717) is 13.1 Å². The van der Waals surface area contributed by atoms with Gasteiger partial charge in [-0.2, -0.15) is 0 Å². The van der Waals surface area contributed by atoms with Gasteiger partial charge in [0.05, 0.1) is 5.41 Å². The first-order chi connectivity index (χ1) is 10.1. The lowest BCUT2D eigenvalue weighted by Gasteiger charge is -2.34. The van der Waals surface area contributed by atoms with E-state index < -0.39 is 0 Å². The molecular formula is C17H25ClN2O. The van der Waals surface area contributed by atoms with E-state index in [2.05, 4.69) is 0 Å². The molecule has 2 N–H and O–H groups in total. The lowest BCUT2D eigenvalue weighted by Crippen LogP contribution is -2.46. The van der Waals surface area contributed by atoms with E-state index in [-0.39, 0.29) is 11.3 Å². The highest BCUT2D eigenvalue weighted by molar-refractivity contribution is 6.30. The van der Waals surface area contributed by atoms with Crippen molar-refractivity contribution < 1.29 is 4.79 Å². The van der Waals surface area contributed by atoms with Crippen molar-refractivity contribution in [2.75, 3.05) is 13.6 Å². The number of hydrogen-bond donors (Lipinski definition) is 1. The summed E-state index contributed by atoms with van der Waals surface area (Å²) in [7, 11) is 1.87. The molecule has 21 heavy (non-hydrogen) atoms. The standard InChI is InChI=1S/C17H25ClN2O/c1-20(12-14-6-8-15(18)9-7-14)16(21)17(13-19)10-4-2-3-5-11-17/h6-9H,2-5,10-13,19H2,1H3. The van der Waals surface area contributed by atoms with Crippen molar-refractivity contribution in [2.45, 2.75) is 45.1 Å². The summed E-state index contributed by atoms with van der Waals surface area (Å²) in [6, 6.07) is 7.65. The number of carbonyl (C=O) groups is 1. The van der Waals surface area contributed by atoms with Crippen LogP contribution in [0, 0.1) is 5.41 Å². The molecule has 1 aliphatic carbocycles. The van der Waals surface area contributed by atoms with Gasteiger partial charge < -0.3 is 10.6 Å². The molecule has 0 bridgehead atoms. The predicted octanol–water partition coefficient (Wildman–Crippen LogP) is 3.60. The summed E-state index contributed by atoms with van der Waals surface area (Å²) >= 11 is 5.90. The average Bonchev–Trinajstić information content (AvgIpc) is 2.75. The van der Waals surface area contributed by atoms with Gasteiger partial charge in [-0.25, -0.2) is 0 Å². The Kier molecular flexibility index (Phi) is 5.65. The first kappa shape index (κ1) is 16.3. The highest BCUT2D eigenvalue weighted by Gasteiger charge is 2.38. The molecule has 0 aliphatic heterocycles. The van der Waals surface area contributed by atoms with Gasteiger partial charge >= 0.3 is 0 Å². The third kappa shape index (κ3) is 3.98. The number of carbonyl (C=O) groups excluding carboxylic acids is 1. The fourth-order valence-corrected chi connectivity index (χ4v) is 3.38. The molecular weight excluding hydrogens is 284 g/mol. The van der Waals surface area contributed by atoms with Crippen molar-refractivity contribution in [3.8, 4) is 0 Å². The van der Waals surface area contributed by atoms with Crippen LogP contribution in [0.2, 0.25) is 5.02 Å². The molecule has 0 heterocycles. The van der Waals surface area contributed by atoms with Crippen LogP contribution in [0.5, 0.6) is 0 Å². The fourth-order valence-electron chi connectivity index (χ4n) is 3.25. The second-order valence-corrected chi connectivity index (χ2v) is 6.62. The second-order valence-electron chi connectivity index (χ2n) is 6.19. The predicted molar refractivity (Wildman–Crippen MR) is 87.1 cm³/mol. The summed E-state index contributed by atoms with van der Waals surface area (Å²) in [4.78, 5) is 14.7. The molecule has 1 aromatic carbocycles. The molecule has 0 radical (unpaired) electrons. The Labute approximate surface area is 132 Å². The molecule has 4 heteroatoms. The van der Waals surface area contributed by atoms with Crippen LogP contribution in [0.4, 0.5) is 0 Å². The van der Waals surface area contributed by atoms with Gasteiger partial charge in [-0.15, -0.1) is 0 Å². The number of rotatable bonds is 4. The van der Waals surface area contributed by atoms with E-state index >= 15 is 0 Å². The highest BCUT2D eigenvalue weighted by Crippen LogP contribution is 2.36. The zero-order valence-electron chi connectivity index (χ0n) is 12.8. The topological polar surface area (TPSA) is 46.3 Å². The summed E-state index contributed by atoms with van der Waals surface area (Å²) in [6.45, 7) is 1.06. The van der Waals surface area contributed by atoms with Gasteiger partial charge in [0.15, 0.2) is 0 Å². The molecule has 0 aromatic heterocycles. The van der Waals surface area contributed by atoms with Gasteiger partial charge in [0, 0.05) is 25.2 Å². The summed E-state index contributed by atoms with van der Waals surface area (Å²) in [5, 5.41) is 0.718. The number of halogens is 1. The van der Waals surface area contributed by atoms with Gasteiger partial charge in [-0.05, 0) is 30.5 Å². The summed E-state index contributed by atoms with van der Waals surface area (Å²) < 4.78 is 0. The number of amides is 1. The molecule has 1 saturated carbocycles. The van der Waals surface area contributed by atoms with Crippen molar-refractivity contribution >= 4 is 17.5 Å². The molecule has 0 spiro atoms. The maximum Gasteiger partial charge on any atom is 0.230 e. The first-order valence-corrected chi connectivity index (χ1v) is 8.15. The van der Waals surface area contributed by atoms with Gasteiger partial charge in [0.2, 0.25) is 5.91 Å². The van der Waals surface area contributed by atoms with Crippen molar-refractivity contribution in [1.29, 1.82) is 0 Å². The van der Waals surface area contributed by atoms with Gasteiger partial charge in [-0.3, -0.25) is 4.79 Å². The molecule has 116 valence electrons. The van der Waals surface area contributed by atoms with E-state index in [4.69, 9.17) is 17.3 Å². The number of nitrogens with zero attached hydrogens (tertiary/aromatic N) is 1. The maximum atomic E-state index is 12.9. The Morgan fingerprint density at radius 3 is 2.29 bits per heavy atom. The smallest absolute Gasteiger partial charge is 0.230 e. The van der Waals surface area contributed by atoms with Crippen molar-refractivity contribution in [2.24, 2.45) is 11.1 Å². The van der Waals surface area contributed by atoms with Crippen LogP contribution in [0.25, 0.3) is 0 Å². The fraction of sp³-hybridized carbons (Fsp3) is 0.588. The Morgan fingerprint density at radius 2 is 1.76 bits per heavy atom. The first-order valence-electron chi connectivity index (χ1n) is 7.77. The average molecular weight is 309 g/mol. The Morgan fingerprint density at radius 1 is 1.19 bits per heavy atom. The van der Waals surface area contributed by atoms with Crippen LogP contribution < -0.4 is 5.73 Å². The molecule has 0 atom stereocenters. The third-order valence-corrected chi connectivity index (χ3v) is 4.84. The second kappa shape index (κ2) is 7.28. The lowest BCUT2D eigenvalue weighted by atomic mass is 9.79. The molecule has 1 aromatic rings. The molecule has 2 rings (SSSR count).